The predicted molar refractivity (Wildman–Crippen MR) is 76.5 cm³/mol. The Morgan fingerprint density at radius 2 is 2.05 bits per heavy atom. The van der Waals surface area contributed by atoms with Crippen molar-refractivity contribution >= 4 is 33.5 Å². The molecule has 1 N–H and O–H groups in total. The first-order valence-corrected chi connectivity index (χ1v) is 9.57. The smallest absolute Gasteiger partial charge is 0.308 e. The van der Waals surface area contributed by atoms with E-state index >= 15 is 0 Å². The van der Waals surface area contributed by atoms with E-state index in [9.17, 15) is 18.0 Å². The van der Waals surface area contributed by atoms with Crippen LogP contribution >= 0.6 is 11.8 Å². The quantitative estimate of drug-likeness (QED) is 0.797. The highest BCUT2D eigenvalue weighted by Crippen LogP contribution is 2.25. The predicted octanol–water partition coefficient (Wildman–Crippen LogP) is 0.230. The van der Waals surface area contributed by atoms with Gasteiger partial charge in [0.2, 0.25) is 5.91 Å². The summed E-state index contributed by atoms with van der Waals surface area (Å²) < 4.78 is 22.7. The Morgan fingerprint density at radius 3 is 2.65 bits per heavy atom. The summed E-state index contributed by atoms with van der Waals surface area (Å²) >= 11 is 1.38. The molecule has 0 aliphatic carbocycles. The van der Waals surface area contributed by atoms with E-state index in [1.54, 1.807) is 4.90 Å². The molecule has 1 amide bonds. The number of carboxylic acid groups (broad SMARTS) is 1. The van der Waals surface area contributed by atoms with Crippen molar-refractivity contribution in [2.45, 2.75) is 24.5 Å². The lowest BCUT2D eigenvalue weighted by Crippen LogP contribution is -2.43. The summed E-state index contributed by atoms with van der Waals surface area (Å²) in [7, 11) is -2.91. The van der Waals surface area contributed by atoms with Crippen LogP contribution in [0.25, 0.3) is 0 Å². The van der Waals surface area contributed by atoms with Crippen LogP contribution in [0, 0.1) is 5.92 Å². The monoisotopic (exact) mass is 321 g/mol. The molecule has 20 heavy (non-hydrogen) atoms. The normalized spacial score (nSPS) is 29.3. The van der Waals surface area contributed by atoms with Crippen molar-refractivity contribution in [3.8, 4) is 0 Å². The number of piperidine rings is 1. The zero-order valence-corrected chi connectivity index (χ0v) is 12.8. The fourth-order valence-corrected chi connectivity index (χ4v) is 6.12. The standard InChI is InChI=1S/C12H19NO5S2/c14-11(7-19-10-3-5-20(17,18)8-10)13-4-1-2-9(6-13)12(15)16/h9-10H,1-8H2,(H,15,16)/t9-,10?/m0/s1. The van der Waals surface area contributed by atoms with Crippen molar-refractivity contribution in [1.29, 1.82) is 0 Å². The van der Waals surface area contributed by atoms with E-state index in [1.807, 2.05) is 0 Å². The van der Waals surface area contributed by atoms with Crippen molar-refractivity contribution < 1.29 is 23.1 Å². The summed E-state index contributed by atoms with van der Waals surface area (Å²) in [5.74, 6) is -0.786. The van der Waals surface area contributed by atoms with Crippen LogP contribution in [0.5, 0.6) is 0 Å². The van der Waals surface area contributed by atoms with Crippen LogP contribution < -0.4 is 0 Å². The number of hydrogen-bond acceptors (Lipinski definition) is 5. The molecule has 0 aromatic rings. The number of carbonyl (C=O) groups excluding carboxylic acids is 1. The molecule has 0 radical (unpaired) electrons. The topological polar surface area (TPSA) is 91.8 Å². The highest BCUT2D eigenvalue weighted by Gasteiger charge is 2.31. The van der Waals surface area contributed by atoms with Crippen LogP contribution in [-0.4, -0.2) is 65.9 Å². The molecule has 2 heterocycles. The first kappa shape index (κ1) is 15.6. The zero-order valence-electron chi connectivity index (χ0n) is 11.2. The second-order valence-electron chi connectivity index (χ2n) is 5.35. The van der Waals surface area contributed by atoms with Gasteiger partial charge in [0.15, 0.2) is 9.84 Å². The average Bonchev–Trinajstić information content (AvgIpc) is 2.75. The van der Waals surface area contributed by atoms with Crippen LogP contribution in [0.1, 0.15) is 19.3 Å². The molecule has 2 atom stereocenters. The molecular formula is C12H19NO5S2. The van der Waals surface area contributed by atoms with Crippen molar-refractivity contribution in [3.63, 3.8) is 0 Å². The lowest BCUT2D eigenvalue weighted by Gasteiger charge is -2.30. The van der Waals surface area contributed by atoms with Crippen molar-refractivity contribution in [2.24, 2.45) is 5.92 Å². The highest BCUT2D eigenvalue weighted by atomic mass is 32.2. The fourth-order valence-electron chi connectivity index (χ4n) is 2.58. The number of nitrogens with zero attached hydrogens (tertiary/aromatic N) is 1. The average molecular weight is 321 g/mol. The summed E-state index contributed by atoms with van der Waals surface area (Å²) in [6.45, 7) is 0.879. The van der Waals surface area contributed by atoms with Gasteiger partial charge >= 0.3 is 5.97 Å². The van der Waals surface area contributed by atoms with E-state index in [0.717, 1.165) is 0 Å². The number of hydrogen-bond donors (Lipinski definition) is 1. The molecule has 2 rings (SSSR count). The Morgan fingerprint density at radius 1 is 1.30 bits per heavy atom. The number of carbonyl (C=O) groups is 2. The van der Waals surface area contributed by atoms with Crippen LogP contribution in [0.2, 0.25) is 0 Å². The third kappa shape index (κ3) is 4.12. The van der Waals surface area contributed by atoms with Gasteiger partial charge in [0.05, 0.1) is 23.2 Å². The zero-order chi connectivity index (χ0) is 14.8. The minimum atomic E-state index is -2.91. The van der Waals surface area contributed by atoms with E-state index < -0.39 is 21.7 Å². The fraction of sp³-hybridized carbons (Fsp3) is 0.833. The minimum Gasteiger partial charge on any atom is -0.481 e. The summed E-state index contributed by atoms with van der Waals surface area (Å²) in [6, 6.07) is 0. The van der Waals surface area contributed by atoms with Crippen molar-refractivity contribution in [1.82, 2.24) is 4.90 Å². The van der Waals surface area contributed by atoms with Gasteiger partial charge in [0.1, 0.15) is 0 Å². The van der Waals surface area contributed by atoms with Crippen LogP contribution in [0.3, 0.4) is 0 Å². The van der Waals surface area contributed by atoms with Gasteiger partial charge in [0, 0.05) is 18.3 Å². The van der Waals surface area contributed by atoms with Gasteiger partial charge < -0.3 is 10.0 Å². The molecule has 2 saturated heterocycles. The maximum absolute atomic E-state index is 12.0. The van der Waals surface area contributed by atoms with Gasteiger partial charge in [-0.05, 0) is 19.3 Å². The number of thioether (sulfide) groups is 1. The Labute approximate surface area is 122 Å². The lowest BCUT2D eigenvalue weighted by molar-refractivity contribution is -0.145. The molecule has 0 bridgehead atoms. The first-order valence-electron chi connectivity index (χ1n) is 6.70. The molecular weight excluding hydrogens is 302 g/mol. The SMILES string of the molecule is O=C(O)[C@H]1CCCN(C(=O)CSC2CCS(=O)(=O)C2)C1. The van der Waals surface area contributed by atoms with E-state index in [-0.39, 0.29) is 35.0 Å². The lowest BCUT2D eigenvalue weighted by atomic mass is 9.98. The van der Waals surface area contributed by atoms with Crippen molar-refractivity contribution in [3.05, 3.63) is 0 Å². The molecule has 2 aliphatic heterocycles. The summed E-state index contributed by atoms with van der Waals surface area (Å²) in [5, 5.41) is 8.99. The number of rotatable bonds is 4. The summed E-state index contributed by atoms with van der Waals surface area (Å²) in [6.07, 6.45) is 1.94. The van der Waals surface area contributed by atoms with Crippen LogP contribution in [0.4, 0.5) is 0 Å². The molecule has 0 aromatic heterocycles. The molecule has 8 heteroatoms. The van der Waals surface area contributed by atoms with E-state index in [4.69, 9.17) is 5.11 Å². The number of carboxylic acids is 1. The second-order valence-corrected chi connectivity index (χ2v) is 8.87. The third-order valence-corrected chi connectivity index (χ3v) is 7.02. The second kappa shape index (κ2) is 6.34. The van der Waals surface area contributed by atoms with Gasteiger partial charge in [-0.1, -0.05) is 0 Å². The van der Waals surface area contributed by atoms with Crippen molar-refractivity contribution in [2.75, 3.05) is 30.3 Å². The largest absolute Gasteiger partial charge is 0.481 e. The summed E-state index contributed by atoms with van der Waals surface area (Å²) in [4.78, 5) is 24.6. The van der Waals surface area contributed by atoms with Gasteiger partial charge in [-0.2, -0.15) is 0 Å². The maximum atomic E-state index is 12.0. The molecule has 0 saturated carbocycles. The van der Waals surface area contributed by atoms with E-state index in [0.29, 0.717) is 25.8 Å². The Balaban J connectivity index is 1.79. The first-order chi connectivity index (χ1) is 9.37. The Kier molecular flexibility index (Phi) is 4.95. The number of sulfone groups is 1. The Bertz CT molecular complexity index is 490. The van der Waals surface area contributed by atoms with Gasteiger partial charge in [-0.3, -0.25) is 9.59 Å². The molecule has 0 aromatic carbocycles. The van der Waals surface area contributed by atoms with Gasteiger partial charge in [-0.25, -0.2) is 8.42 Å². The van der Waals surface area contributed by atoms with Crippen LogP contribution in [-0.2, 0) is 19.4 Å². The molecule has 2 aliphatic rings. The van der Waals surface area contributed by atoms with E-state index in [1.165, 1.54) is 11.8 Å². The maximum Gasteiger partial charge on any atom is 0.308 e. The molecule has 1 unspecified atom stereocenters. The molecule has 0 spiro atoms. The number of likely N-dealkylation sites (tertiary alicyclic amines) is 1. The molecule has 2 fully saturated rings. The molecule has 6 nitrogen and oxygen atoms in total. The number of aliphatic carboxylic acids is 1. The number of amides is 1. The Hall–Kier alpha value is -0.760. The molecule has 114 valence electrons. The minimum absolute atomic E-state index is 0.00371. The third-order valence-electron chi connectivity index (χ3n) is 3.76. The highest BCUT2D eigenvalue weighted by molar-refractivity contribution is 8.02. The summed E-state index contributed by atoms with van der Waals surface area (Å²) in [5.41, 5.74) is 0. The van der Waals surface area contributed by atoms with Gasteiger partial charge in [0.25, 0.3) is 0 Å². The van der Waals surface area contributed by atoms with Crippen LogP contribution in [0.15, 0.2) is 0 Å². The van der Waals surface area contributed by atoms with E-state index in [2.05, 4.69) is 0 Å². The van der Waals surface area contributed by atoms with Gasteiger partial charge in [-0.15, -0.1) is 11.8 Å².